The second-order valence-corrected chi connectivity index (χ2v) is 6.70. The number of methoxy groups -OCH3 is 1. The fourth-order valence-electron chi connectivity index (χ4n) is 3.15. The molecule has 0 heterocycles. The summed E-state index contributed by atoms with van der Waals surface area (Å²) in [4.78, 5) is 12.1. The van der Waals surface area contributed by atoms with Crippen molar-refractivity contribution in [2.75, 3.05) is 13.7 Å². The zero-order valence-electron chi connectivity index (χ0n) is 16.1. The summed E-state index contributed by atoms with van der Waals surface area (Å²) in [6.07, 6.45) is 1.85. The number of carbonyl (C=O) groups excluding carboxylic acids is 1. The summed E-state index contributed by atoms with van der Waals surface area (Å²) in [5.74, 6) is -1.02. The zero-order chi connectivity index (χ0) is 20.7. The van der Waals surface area contributed by atoms with Crippen LogP contribution in [0.1, 0.15) is 36.8 Å². The third-order valence-electron chi connectivity index (χ3n) is 4.81. The van der Waals surface area contributed by atoms with Gasteiger partial charge in [-0.3, -0.25) is 4.79 Å². The zero-order valence-corrected chi connectivity index (χ0v) is 16.1. The second kappa shape index (κ2) is 9.85. The van der Waals surface area contributed by atoms with Crippen molar-refractivity contribution in [1.29, 1.82) is 0 Å². The number of rotatable bonds is 9. The Kier molecular flexibility index (Phi) is 7.52. The number of hydrogen-bond donors (Lipinski definition) is 5. The number of phenolic OH excluding ortho intramolecular Hbond substituents is 4. The number of nitrogens with one attached hydrogen (secondary N) is 1. The van der Waals surface area contributed by atoms with Gasteiger partial charge >= 0.3 is 5.97 Å². The summed E-state index contributed by atoms with van der Waals surface area (Å²) in [7, 11) is 1.32. The Morgan fingerprint density at radius 2 is 1.64 bits per heavy atom. The number of aromatic hydroxyl groups is 4. The second-order valence-electron chi connectivity index (χ2n) is 6.70. The van der Waals surface area contributed by atoms with Crippen LogP contribution in [-0.2, 0) is 16.0 Å². The molecular formula is C21H27NO6. The maximum Gasteiger partial charge on any atom is 0.323 e. The molecule has 0 aliphatic carbocycles. The number of esters is 1. The topological polar surface area (TPSA) is 119 Å². The molecule has 0 saturated carbocycles. The number of benzene rings is 2. The van der Waals surface area contributed by atoms with E-state index in [1.165, 1.54) is 25.3 Å². The highest BCUT2D eigenvalue weighted by molar-refractivity contribution is 5.76. The van der Waals surface area contributed by atoms with Gasteiger partial charge in [0, 0.05) is 0 Å². The summed E-state index contributed by atoms with van der Waals surface area (Å²) in [6, 6.07) is 8.64. The summed E-state index contributed by atoms with van der Waals surface area (Å²) < 4.78 is 4.86. The molecule has 5 N–H and O–H groups in total. The summed E-state index contributed by atoms with van der Waals surface area (Å²) >= 11 is 0. The molecule has 152 valence electrons. The van der Waals surface area contributed by atoms with Crippen LogP contribution in [0.15, 0.2) is 36.4 Å². The molecule has 0 aliphatic heterocycles. The van der Waals surface area contributed by atoms with Gasteiger partial charge in [0.15, 0.2) is 23.0 Å². The van der Waals surface area contributed by atoms with Crippen LogP contribution in [0.3, 0.4) is 0 Å². The lowest BCUT2D eigenvalue weighted by atomic mass is 9.92. The molecule has 0 radical (unpaired) electrons. The van der Waals surface area contributed by atoms with Crippen molar-refractivity contribution in [2.24, 2.45) is 0 Å². The van der Waals surface area contributed by atoms with Crippen molar-refractivity contribution in [2.45, 2.75) is 38.1 Å². The maximum absolute atomic E-state index is 12.1. The number of phenols is 4. The Balaban J connectivity index is 2.00. The molecule has 2 aromatic rings. The van der Waals surface area contributed by atoms with Crippen LogP contribution in [0.25, 0.3) is 0 Å². The third kappa shape index (κ3) is 5.53. The lowest BCUT2D eigenvalue weighted by Crippen LogP contribution is -2.40. The highest BCUT2D eigenvalue weighted by atomic mass is 16.5. The van der Waals surface area contributed by atoms with Crippen LogP contribution in [0.5, 0.6) is 23.0 Å². The van der Waals surface area contributed by atoms with Crippen molar-refractivity contribution >= 4 is 5.97 Å². The van der Waals surface area contributed by atoms with E-state index in [0.717, 1.165) is 18.4 Å². The van der Waals surface area contributed by atoms with Crippen LogP contribution >= 0.6 is 0 Å². The first-order valence-electron chi connectivity index (χ1n) is 9.19. The minimum Gasteiger partial charge on any atom is -0.504 e. The van der Waals surface area contributed by atoms with Crippen LogP contribution < -0.4 is 5.32 Å². The van der Waals surface area contributed by atoms with Crippen molar-refractivity contribution in [3.8, 4) is 23.0 Å². The molecule has 0 fully saturated rings. The first-order chi connectivity index (χ1) is 13.3. The van der Waals surface area contributed by atoms with Crippen LogP contribution in [0.4, 0.5) is 0 Å². The van der Waals surface area contributed by atoms with Crippen LogP contribution in [0.2, 0.25) is 0 Å². The molecule has 2 aromatic carbocycles. The van der Waals surface area contributed by atoms with E-state index in [-0.39, 0.29) is 28.9 Å². The molecule has 0 aliphatic rings. The Morgan fingerprint density at radius 3 is 2.21 bits per heavy atom. The van der Waals surface area contributed by atoms with E-state index in [4.69, 9.17) is 4.74 Å². The van der Waals surface area contributed by atoms with Gasteiger partial charge in [-0.1, -0.05) is 19.1 Å². The maximum atomic E-state index is 12.1. The molecule has 0 bridgehead atoms. The predicted molar refractivity (Wildman–Crippen MR) is 105 cm³/mol. The van der Waals surface area contributed by atoms with E-state index in [1.54, 1.807) is 18.2 Å². The number of carbonyl (C=O) groups is 1. The third-order valence-corrected chi connectivity index (χ3v) is 4.81. The highest BCUT2D eigenvalue weighted by Crippen LogP contribution is 2.31. The molecular weight excluding hydrogens is 362 g/mol. The summed E-state index contributed by atoms with van der Waals surface area (Å²) in [5.41, 5.74) is 1.60. The highest BCUT2D eigenvalue weighted by Gasteiger charge is 2.20. The lowest BCUT2D eigenvalue weighted by Gasteiger charge is -2.20. The minimum atomic E-state index is -0.598. The Morgan fingerprint density at radius 1 is 1.00 bits per heavy atom. The average molecular weight is 389 g/mol. The Labute approximate surface area is 164 Å². The normalized spacial score (nSPS) is 13.1. The first kappa shape index (κ1) is 21.4. The van der Waals surface area contributed by atoms with E-state index in [2.05, 4.69) is 5.32 Å². The van der Waals surface area contributed by atoms with E-state index in [9.17, 15) is 25.2 Å². The largest absolute Gasteiger partial charge is 0.504 e. The van der Waals surface area contributed by atoms with Gasteiger partial charge in [0.05, 0.1) is 7.11 Å². The molecule has 7 nitrogen and oxygen atoms in total. The molecule has 0 amide bonds. The molecule has 2 atom stereocenters. The van der Waals surface area contributed by atoms with E-state index in [0.29, 0.717) is 18.5 Å². The number of ether oxygens (including phenoxy) is 1. The average Bonchev–Trinajstić information content (AvgIpc) is 2.68. The van der Waals surface area contributed by atoms with Gasteiger partial charge in [-0.05, 0) is 67.1 Å². The van der Waals surface area contributed by atoms with Gasteiger partial charge in [-0.25, -0.2) is 0 Å². The van der Waals surface area contributed by atoms with Gasteiger partial charge in [0.2, 0.25) is 0 Å². The fraction of sp³-hybridized carbons (Fsp3) is 0.381. The summed E-state index contributed by atoms with van der Waals surface area (Å²) in [6.45, 7) is 2.57. The van der Waals surface area contributed by atoms with Crippen molar-refractivity contribution in [1.82, 2.24) is 5.32 Å². The molecule has 2 unspecified atom stereocenters. The van der Waals surface area contributed by atoms with Gasteiger partial charge < -0.3 is 30.5 Å². The van der Waals surface area contributed by atoms with E-state index < -0.39 is 12.0 Å². The Hall–Kier alpha value is -2.93. The Bertz CT molecular complexity index is 807. The lowest BCUT2D eigenvalue weighted by molar-refractivity contribution is -0.143. The van der Waals surface area contributed by atoms with Gasteiger partial charge in [0.25, 0.3) is 0 Å². The SMILES string of the molecule is CCC(CCNC(Cc1ccc(O)c(O)c1)C(=O)OC)c1ccc(O)c(O)c1. The first-order valence-corrected chi connectivity index (χ1v) is 9.19. The molecule has 2 rings (SSSR count). The van der Waals surface area contributed by atoms with Crippen molar-refractivity contribution in [3.63, 3.8) is 0 Å². The monoisotopic (exact) mass is 389 g/mol. The van der Waals surface area contributed by atoms with Crippen LogP contribution in [0, 0.1) is 0 Å². The molecule has 0 spiro atoms. The van der Waals surface area contributed by atoms with Crippen LogP contribution in [-0.4, -0.2) is 46.1 Å². The molecule has 0 saturated heterocycles. The molecule has 7 heteroatoms. The van der Waals surface area contributed by atoms with Gasteiger partial charge in [0.1, 0.15) is 6.04 Å². The fourth-order valence-corrected chi connectivity index (χ4v) is 3.15. The smallest absolute Gasteiger partial charge is 0.323 e. The van der Waals surface area contributed by atoms with Crippen molar-refractivity contribution < 1.29 is 30.0 Å². The van der Waals surface area contributed by atoms with E-state index in [1.807, 2.05) is 6.92 Å². The minimum absolute atomic E-state index is 0.148. The molecule has 28 heavy (non-hydrogen) atoms. The quantitative estimate of drug-likeness (QED) is 0.330. The molecule has 0 aromatic heterocycles. The summed E-state index contributed by atoms with van der Waals surface area (Å²) in [5, 5.41) is 41.4. The standard InChI is InChI=1S/C21H27NO6/c1-3-14(15-5-7-18(24)20(26)12-15)8-9-22-16(21(27)28-2)10-13-4-6-17(23)19(25)11-13/h4-7,11-12,14,16,22-26H,3,8-10H2,1-2H3. The van der Waals surface area contributed by atoms with E-state index >= 15 is 0 Å². The van der Waals surface area contributed by atoms with Crippen molar-refractivity contribution in [3.05, 3.63) is 47.5 Å². The predicted octanol–water partition coefficient (Wildman–Crippen LogP) is 2.77. The van der Waals surface area contributed by atoms with Gasteiger partial charge in [-0.2, -0.15) is 0 Å². The number of hydrogen-bond acceptors (Lipinski definition) is 7. The van der Waals surface area contributed by atoms with Gasteiger partial charge in [-0.15, -0.1) is 0 Å².